The molecule has 0 bridgehead atoms. The molecule has 2 heterocycles. The molecule has 3 aromatic carbocycles. The van der Waals surface area contributed by atoms with Crippen molar-refractivity contribution >= 4 is 27.4 Å². The monoisotopic (exact) mass is 452 g/mol. The maximum absolute atomic E-state index is 13.0. The molecule has 4 aromatic rings. The van der Waals surface area contributed by atoms with E-state index in [9.17, 15) is 10.1 Å². The average Bonchev–Trinajstić information content (AvgIpc) is 3.17. The molecule has 0 saturated carbocycles. The highest BCUT2D eigenvalue weighted by atomic mass is 32.1. The molecule has 1 aromatic heterocycles. The van der Waals surface area contributed by atoms with E-state index in [2.05, 4.69) is 6.07 Å². The molecule has 1 aliphatic heterocycles. The number of nitrogens with two attached hydrogens (primary N) is 1. The first kappa shape index (κ1) is 20.8. The van der Waals surface area contributed by atoms with Crippen molar-refractivity contribution < 1.29 is 14.3 Å². The van der Waals surface area contributed by atoms with Gasteiger partial charge in [-0.25, -0.2) is 4.79 Å². The minimum atomic E-state index is -0.504. The molecule has 1 aliphatic rings. The molecule has 1 unspecified atom stereocenters. The van der Waals surface area contributed by atoms with Gasteiger partial charge in [-0.05, 0) is 43.7 Å². The molecular weight excluding hydrogens is 432 g/mol. The number of nitriles is 1. The zero-order valence-corrected chi connectivity index (χ0v) is 18.9. The van der Waals surface area contributed by atoms with Crippen LogP contribution in [-0.2, 0) is 0 Å². The summed E-state index contributed by atoms with van der Waals surface area (Å²) in [7, 11) is 0. The number of hydrogen-bond donors (Lipinski definition) is 1. The second-order valence-electron chi connectivity index (χ2n) is 7.96. The summed E-state index contributed by atoms with van der Waals surface area (Å²) in [4.78, 5) is 13.9. The Balaban J connectivity index is 1.68. The summed E-state index contributed by atoms with van der Waals surface area (Å²) in [5, 5.41) is 10.9. The molecule has 33 heavy (non-hydrogen) atoms. The quantitative estimate of drug-likeness (QED) is 0.306. The van der Waals surface area contributed by atoms with Gasteiger partial charge in [0.1, 0.15) is 17.4 Å². The summed E-state index contributed by atoms with van der Waals surface area (Å²) in [6.45, 7) is 3.83. The summed E-state index contributed by atoms with van der Waals surface area (Å²) in [6.07, 6.45) is 0. The lowest BCUT2D eigenvalue weighted by Crippen LogP contribution is -2.21. The van der Waals surface area contributed by atoms with Gasteiger partial charge in [-0.15, -0.1) is 11.3 Å². The van der Waals surface area contributed by atoms with Crippen LogP contribution in [-0.4, -0.2) is 5.97 Å². The maximum atomic E-state index is 13.0. The van der Waals surface area contributed by atoms with E-state index in [1.807, 2.05) is 62.4 Å². The molecule has 0 amide bonds. The SMILES string of the molecule is Cc1ccc(OC(=O)c2ccccc2C)c(C2C(C#N)=C(N)Oc3c2sc2ccccc32)c1. The summed E-state index contributed by atoms with van der Waals surface area (Å²) < 4.78 is 12.8. The Morgan fingerprint density at radius 3 is 2.64 bits per heavy atom. The standard InChI is InChI=1S/C27H20N2O3S/c1-15-11-12-21(31-27(30)17-8-4-3-7-16(17)2)19(13-15)23-20(14-28)26(29)32-24-18-9-5-6-10-22(18)33-25(23)24/h3-13,23H,29H2,1-2H3. The van der Waals surface area contributed by atoms with Crippen molar-refractivity contribution in [3.8, 4) is 17.6 Å². The van der Waals surface area contributed by atoms with Crippen molar-refractivity contribution in [1.82, 2.24) is 0 Å². The van der Waals surface area contributed by atoms with Crippen LogP contribution >= 0.6 is 11.3 Å². The van der Waals surface area contributed by atoms with Gasteiger partial charge < -0.3 is 15.2 Å². The van der Waals surface area contributed by atoms with Crippen LogP contribution < -0.4 is 15.2 Å². The van der Waals surface area contributed by atoms with E-state index in [-0.39, 0.29) is 5.88 Å². The average molecular weight is 453 g/mol. The van der Waals surface area contributed by atoms with E-state index in [0.717, 1.165) is 26.1 Å². The number of thiophene rings is 1. The number of aryl methyl sites for hydroxylation is 2. The van der Waals surface area contributed by atoms with Gasteiger partial charge in [-0.2, -0.15) is 5.26 Å². The maximum Gasteiger partial charge on any atom is 0.343 e. The Bertz CT molecular complexity index is 1490. The number of benzene rings is 3. The molecule has 0 radical (unpaired) electrons. The number of ether oxygens (including phenoxy) is 2. The molecule has 5 nitrogen and oxygen atoms in total. The number of nitrogens with zero attached hydrogens (tertiary/aromatic N) is 1. The van der Waals surface area contributed by atoms with E-state index in [0.29, 0.717) is 28.2 Å². The third kappa shape index (κ3) is 3.53. The number of carbonyl (C=O) groups excluding carboxylic acids is 1. The number of rotatable bonds is 3. The van der Waals surface area contributed by atoms with E-state index < -0.39 is 11.9 Å². The van der Waals surface area contributed by atoms with E-state index in [1.54, 1.807) is 29.5 Å². The first-order chi connectivity index (χ1) is 16.0. The first-order valence-corrected chi connectivity index (χ1v) is 11.3. The first-order valence-electron chi connectivity index (χ1n) is 10.4. The fraction of sp³-hybridized carbons (Fsp3) is 0.111. The predicted octanol–water partition coefficient (Wildman–Crippen LogP) is 5.96. The van der Waals surface area contributed by atoms with Crippen molar-refractivity contribution in [2.24, 2.45) is 5.73 Å². The fourth-order valence-corrected chi connectivity index (χ4v) is 5.40. The second-order valence-corrected chi connectivity index (χ2v) is 9.05. The molecule has 0 saturated heterocycles. The number of carbonyl (C=O) groups is 1. The highest BCUT2D eigenvalue weighted by Crippen LogP contribution is 2.51. The van der Waals surface area contributed by atoms with Crippen LogP contribution in [0.4, 0.5) is 0 Å². The smallest absolute Gasteiger partial charge is 0.343 e. The summed E-state index contributed by atoms with van der Waals surface area (Å²) >= 11 is 1.55. The molecular formula is C27H20N2O3S. The number of fused-ring (bicyclic) bond motifs is 3. The van der Waals surface area contributed by atoms with Crippen LogP contribution in [0.15, 0.2) is 78.2 Å². The lowest BCUT2D eigenvalue weighted by Gasteiger charge is -2.25. The lowest BCUT2D eigenvalue weighted by molar-refractivity contribution is 0.0732. The fourth-order valence-electron chi connectivity index (χ4n) is 4.13. The predicted molar refractivity (Wildman–Crippen MR) is 128 cm³/mol. The zero-order valence-electron chi connectivity index (χ0n) is 18.1. The topological polar surface area (TPSA) is 85.3 Å². The molecule has 5 rings (SSSR count). The van der Waals surface area contributed by atoms with Crippen molar-refractivity contribution in [3.63, 3.8) is 0 Å². The second kappa shape index (κ2) is 8.12. The molecule has 0 fully saturated rings. The minimum Gasteiger partial charge on any atom is -0.439 e. The normalized spacial score (nSPS) is 15.0. The third-order valence-electron chi connectivity index (χ3n) is 5.77. The summed E-state index contributed by atoms with van der Waals surface area (Å²) in [5.74, 6) is 0.156. The lowest BCUT2D eigenvalue weighted by atomic mass is 9.87. The van der Waals surface area contributed by atoms with E-state index in [1.165, 1.54) is 0 Å². The highest BCUT2D eigenvalue weighted by molar-refractivity contribution is 7.19. The number of esters is 1. The van der Waals surface area contributed by atoms with Crippen molar-refractivity contribution in [3.05, 3.63) is 105 Å². The Morgan fingerprint density at radius 2 is 1.85 bits per heavy atom. The van der Waals surface area contributed by atoms with Gasteiger partial charge in [0.05, 0.1) is 16.4 Å². The Kier molecular flexibility index (Phi) is 5.12. The van der Waals surface area contributed by atoms with E-state index in [4.69, 9.17) is 15.2 Å². The van der Waals surface area contributed by atoms with Gasteiger partial charge in [0.15, 0.2) is 5.75 Å². The van der Waals surface area contributed by atoms with Crippen LogP contribution in [0.25, 0.3) is 10.1 Å². The molecule has 0 spiro atoms. The molecule has 162 valence electrons. The Labute approximate surface area is 195 Å². The van der Waals surface area contributed by atoms with Crippen LogP contribution in [0, 0.1) is 25.2 Å². The Morgan fingerprint density at radius 1 is 1.09 bits per heavy atom. The summed E-state index contributed by atoms with van der Waals surface area (Å²) in [6, 6.07) is 23.0. The molecule has 0 aliphatic carbocycles. The van der Waals surface area contributed by atoms with Crippen LogP contribution in [0.2, 0.25) is 0 Å². The van der Waals surface area contributed by atoms with Crippen molar-refractivity contribution in [2.75, 3.05) is 0 Å². The third-order valence-corrected chi connectivity index (χ3v) is 6.99. The molecule has 2 N–H and O–H groups in total. The van der Waals surface area contributed by atoms with Gasteiger partial charge in [0, 0.05) is 15.6 Å². The van der Waals surface area contributed by atoms with E-state index >= 15 is 0 Å². The molecule has 6 heteroatoms. The van der Waals surface area contributed by atoms with Gasteiger partial charge >= 0.3 is 5.97 Å². The van der Waals surface area contributed by atoms with Gasteiger partial charge in [0.2, 0.25) is 5.88 Å². The van der Waals surface area contributed by atoms with Gasteiger partial charge in [-0.1, -0.05) is 48.0 Å². The minimum absolute atomic E-state index is 0.0660. The van der Waals surface area contributed by atoms with Crippen LogP contribution in [0.1, 0.15) is 37.8 Å². The van der Waals surface area contributed by atoms with Crippen LogP contribution in [0.3, 0.4) is 0 Å². The largest absolute Gasteiger partial charge is 0.439 e. The highest BCUT2D eigenvalue weighted by Gasteiger charge is 2.36. The van der Waals surface area contributed by atoms with Crippen LogP contribution in [0.5, 0.6) is 11.5 Å². The van der Waals surface area contributed by atoms with Gasteiger partial charge in [-0.3, -0.25) is 0 Å². The van der Waals surface area contributed by atoms with Crippen molar-refractivity contribution in [2.45, 2.75) is 19.8 Å². The van der Waals surface area contributed by atoms with Gasteiger partial charge in [0.25, 0.3) is 0 Å². The zero-order chi connectivity index (χ0) is 23.1. The summed E-state index contributed by atoms with van der Waals surface area (Å²) in [5.41, 5.74) is 9.52. The molecule has 1 atom stereocenters. The number of hydrogen-bond acceptors (Lipinski definition) is 6. The van der Waals surface area contributed by atoms with Crippen molar-refractivity contribution in [1.29, 1.82) is 5.26 Å². The number of allylic oxidation sites excluding steroid dienone is 1. The Hall–Kier alpha value is -4.08.